The fourth-order valence-electron chi connectivity index (χ4n) is 6.12. The van der Waals surface area contributed by atoms with Gasteiger partial charge in [-0.05, 0) is 83.5 Å². The second-order valence-electron chi connectivity index (χ2n) is 15.2. The van der Waals surface area contributed by atoms with Crippen molar-refractivity contribution in [2.45, 2.75) is 185 Å². The van der Waals surface area contributed by atoms with Crippen LogP contribution in [0.25, 0.3) is 0 Å². The molecule has 0 aromatic carbocycles. The molecule has 0 heterocycles. The fourth-order valence-corrected chi connectivity index (χ4v) is 7.09. The highest BCUT2D eigenvalue weighted by Gasteiger charge is 2.51. The van der Waals surface area contributed by atoms with Gasteiger partial charge >= 0.3 is 19.8 Å². The summed E-state index contributed by atoms with van der Waals surface area (Å²) in [5, 5.41) is 50.1. The third-order valence-corrected chi connectivity index (χ3v) is 10.7. The molecule has 0 spiro atoms. The fraction of sp³-hybridized carbons (Fsp3) is 0.660. The summed E-state index contributed by atoms with van der Waals surface area (Å²) in [4.78, 5) is 35.6. The first-order valence-corrected chi connectivity index (χ1v) is 23.9. The average Bonchev–Trinajstić information content (AvgIpc) is 3.24. The van der Waals surface area contributed by atoms with Crippen molar-refractivity contribution in [3.63, 3.8) is 0 Å². The minimum atomic E-state index is -5.14. The maximum atomic E-state index is 12.8. The molecule has 0 radical (unpaired) electrons. The summed E-state index contributed by atoms with van der Waals surface area (Å²) in [6.07, 6.45) is 33.6. The molecular formula is C47H77O13P. The van der Waals surface area contributed by atoms with Crippen molar-refractivity contribution in [3.05, 3.63) is 85.1 Å². The normalized spacial score (nSPS) is 22.8. The predicted octanol–water partition coefficient (Wildman–Crippen LogP) is 8.50. The number of allylic oxidation sites excluding steroid dienone is 14. The molecule has 0 aliphatic heterocycles. The standard InChI is InChI=1S/C47H77O13P/c1-3-5-7-9-11-13-15-17-19-20-22-24-26-28-30-32-34-36-41(49)59-39(38-58-61(55,56)60-47-45(53)43(51)42(50)44(52)46(47)54)37-57-40(48)35-33-31-29-27-25-23-21-18-16-14-12-10-8-6-4-2/h5,7,11-14,17-19,21-22,24,28,30,39,42-47,50-54H,3-4,6,8-10,15-16,20,23,25-27,29,31-38H2,1-2H3,(H,55,56)/b7-5+,13-11+,14-12+,19-17+,21-18+,24-22+,30-28+/t39-,42?,43+,44?,45?,46?,47?/m1/s1. The topological polar surface area (TPSA) is 210 Å². The van der Waals surface area contributed by atoms with E-state index in [4.69, 9.17) is 18.5 Å². The van der Waals surface area contributed by atoms with Gasteiger partial charge in [0.15, 0.2) is 6.10 Å². The van der Waals surface area contributed by atoms with E-state index in [1.54, 1.807) is 0 Å². The van der Waals surface area contributed by atoms with Crippen LogP contribution in [-0.2, 0) is 32.7 Å². The number of esters is 2. The highest BCUT2D eigenvalue weighted by Crippen LogP contribution is 2.47. The molecule has 13 nitrogen and oxygen atoms in total. The number of phosphoric ester groups is 1. The third-order valence-electron chi connectivity index (χ3n) is 9.72. The van der Waals surface area contributed by atoms with E-state index < -0.39 is 75.7 Å². The number of rotatable bonds is 35. The van der Waals surface area contributed by atoms with Crippen molar-refractivity contribution >= 4 is 19.8 Å². The highest BCUT2D eigenvalue weighted by atomic mass is 31.2. The molecule has 348 valence electrons. The molecule has 1 saturated carbocycles. The number of carbonyl (C=O) groups is 2. The SMILES string of the molecule is CC/C=C/C/C=C/C/C=C/C/C=C/C/C=C/CCCC(=O)O[C@H](COC(=O)CCCCCCC/C=C/C/C=C/CCCCC)COP(=O)(O)OC1C(O)C(O)C(O)[C@H](O)C1O. The monoisotopic (exact) mass is 881 g/mol. The van der Waals surface area contributed by atoms with Crippen LogP contribution in [0.3, 0.4) is 0 Å². The summed E-state index contributed by atoms with van der Waals surface area (Å²) < 4.78 is 33.4. The van der Waals surface area contributed by atoms with E-state index in [1.165, 1.54) is 19.3 Å². The van der Waals surface area contributed by atoms with Gasteiger partial charge in [-0.3, -0.25) is 18.6 Å². The maximum Gasteiger partial charge on any atom is 0.472 e. The number of ether oxygens (including phenoxy) is 2. The van der Waals surface area contributed by atoms with Crippen LogP contribution >= 0.6 is 7.82 Å². The van der Waals surface area contributed by atoms with Crippen LogP contribution in [0, 0.1) is 0 Å². The van der Waals surface area contributed by atoms with Crippen molar-refractivity contribution < 1.29 is 63.1 Å². The number of hydrogen-bond acceptors (Lipinski definition) is 12. The Bertz CT molecular complexity index is 1390. The molecule has 6 unspecified atom stereocenters. The van der Waals surface area contributed by atoms with Crippen molar-refractivity contribution in [3.8, 4) is 0 Å². The van der Waals surface area contributed by atoms with Gasteiger partial charge < -0.3 is 39.9 Å². The molecule has 1 aliphatic carbocycles. The Kier molecular flexibility index (Phi) is 33.5. The number of unbranched alkanes of at least 4 members (excludes halogenated alkanes) is 9. The van der Waals surface area contributed by atoms with Crippen LogP contribution in [-0.4, -0.2) is 98.3 Å². The van der Waals surface area contributed by atoms with E-state index in [0.29, 0.717) is 19.3 Å². The van der Waals surface area contributed by atoms with Gasteiger partial charge in [0.2, 0.25) is 0 Å². The van der Waals surface area contributed by atoms with E-state index in [1.807, 2.05) is 12.2 Å². The van der Waals surface area contributed by atoms with Crippen LogP contribution in [0.15, 0.2) is 85.1 Å². The summed E-state index contributed by atoms with van der Waals surface area (Å²) in [6.45, 7) is 3.08. The van der Waals surface area contributed by atoms with Crippen LogP contribution in [0.5, 0.6) is 0 Å². The average molecular weight is 881 g/mol. The zero-order valence-electron chi connectivity index (χ0n) is 36.7. The number of carbonyl (C=O) groups excluding carboxylic acids is 2. The van der Waals surface area contributed by atoms with E-state index >= 15 is 0 Å². The van der Waals surface area contributed by atoms with Gasteiger partial charge in [0.05, 0.1) is 6.61 Å². The Balaban J connectivity index is 2.54. The Hall–Kier alpha value is -2.97. The molecule has 1 aliphatic rings. The number of aliphatic hydroxyl groups excluding tert-OH is 5. The molecule has 0 amide bonds. The Morgan fingerprint density at radius 1 is 0.525 bits per heavy atom. The minimum Gasteiger partial charge on any atom is -0.462 e. The molecule has 1 fully saturated rings. The molecular weight excluding hydrogens is 803 g/mol. The smallest absolute Gasteiger partial charge is 0.462 e. The van der Waals surface area contributed by atoms with E-state index in [9.17, 15) is 44.6 Å². The molecule has 8 atom stereocenters. The molecule has 14 heteroatoms. The van der Waals surface area contributed by atoms with Gasteiger partial charge in [-0.2, -0.15) is 0 Å². The lowest BCUT2D eigenvalue weighted by molar-refractivity contribution is -0.220. The van der Waals surface area contributed by atoms with E-state index in [-0.39, 0.29) is 12.8 Å². The summed E-state index contributed by atoms with van der Waals surface area (Å²) in [6, 6.07) is 0. The van der Waals surface area contributed by atoms with Crippen LogP contribution in [0.4, 0.5) is 0 Å². The second-order valence-corrected chi connectivity index (χ2v) is 16.6. The van der Waals surface area contributed by atoms with Crippen LogP contribution in [0.2, 0.25) is 0 Å². The molecule has 0 aromatic heterocycles. The van der Waals surface area contributed by atoms with E-state index in [0.717, 1.165) is 77.0 Å². The quantitative estimate of drug-likeness (QED) is 0.0153. The van der Waals surface area contributed by atoms with E-state index in [2.05, 4.69) is 86.8 Å². The third kappa shape index (κ3) is 29.1. The Morgan fingerprint density at radius 3 is 1.48 bits per heavy atom. The Morgan fingerprint density at radius 2 is 0.951 bits per heavy atom. The summed E-state index contributed by atoms with van der Waals surface area (Å²) in [5.74, 6) is -1.19. The lowest BCUT2D eigenvalue weighted by Crippen LogP contribution is -2.64. The van der Waals surface area contributed by atoms with Gasteiger partial charge in [0.1, 0.15) is 43.2 Å². The zero-order valence-corrected chi connectivity index (χ0v) is 37.6. The van der Waals surface area contributed by atoms with Crippen LogP contribution in [0.1, 0.15) is 142 Å². The zero-order chi connectivity index (χ0) is 45.0. The van der Waals surface area contributed by atoms with Crippen molar-refractivity contribution in [1.82, 2.24) is 0 Å². The second kappa shape index (κ2) is 36.5. The number of phosphoric acid groups is 1. The number of aliphatic hydroxyl groups is 5. The predicted molar refractivity (Wildman–Crippen MR) is 239 cm³/mol. The lowest BCUT2D eigenvalue weighted by atomic mass is 9.85. The minimum absolute atomic E-state index is 0.0105. The summed E-state index contributed by atoms with van der Waals surface area (Å²) >= 11 is 0. The van der Waals surface area contributed by atoms with Gasteiger partial charge in [0, 0.05) is 12.8 Å². The van der Waals surface area contributed by atoms with Gasteiger partial charge in [0.25, 0.3) is 0 Å². The highest BCUT2D eigenvalue weighted by molar-refractivity contribution is 7.47. The van der Waals surface area contributed by atoms with Crippen molar-refractivity contribution in [2.24, 2.45) is 0 Å². The van der Waals surface area contributed by atoms with Gasteiger partial charge in [-0.1, -0.05) is 131 Å². The number of hydrogen-bond donors (Lipinski definition) is 6. The Labute approximate surface area is 365 Å². The molecule has 0 saturated heterocycles. The summed E-state index contributed by atoms with van der Waals surface area (Å²) in [7, 11) is -5.14. The maximum absolute atomic E-state index is 12.8. The first-order valence-electron chi connectivity index (χ1n) is 22.4. The largest absolute Gasteiger partial charge is 0.472 e. The molecule has 6 N–H and O–H groups in total. The lowest BCUT2D eigenvalue weighted by Gasteiger charge is -2.41. The molecule has 61 heavy (non-hydrogen) atoms. The van der Waals surface area contributed by atoms with Crippen molar-refractivity contribution in [2.75, 3.05) is 13.2 Å². The first-order chi connectivity index (χ1) is 29.4. The molecule has 1 rings (SSSR count). The van der Waals surface area contributed by atoms with Crippen LogP contribution < -0.4 is 0 Å². The van der Waals surface area contributed by atoms with Gasteiger partial charge in [-0.25, -0.2) is 4.57 Å². The first kappa shape index (κ1) is 56.0. The van der Waals surface area contributed by atoms with Crippen molar-refractivity contribution in [1.29, 1.82) is 0 Å². The summed E-state index contributed by atoms with van der Waals surface area (Å²) in [5.41, 5.74) is 0. The van der Waals surface area contributed by atoms with Gasteiger partial charge in [-0.15, -0.1) is 0 Å². The molecule has 0 aromatic rings. The molecule has 0 bridgehead atoms.